The Hall–Kier alpha value is -0.0400. The van der Waals surface area contributed by atoms with Crippen LogP contribution in [0.15, 0.2) is 0 Å². The van der Waals surface area contributed by atoms with Gasteiger partial charge in [-0.25, -0.2) is 0 Å². The summed E-state index contributed by atoms with van der Waals surface area (Å²) in [6, 6.07) is 1.62. The van der Waals surface area contributed by atoms with Gasteiger partial charge in [-0.2, -0.15) is 0 Å². The van der Waals surface area contributed by atoms with Crippen molar-refractivity contribution in [3.8, 4) is 0 Å². The topological polar surface area (TPSA) is 12.0 Å². The normalized spacial score (nSPS) is 38.5. The first-order valence-electron chi connectivity index (χ1n) is 5.53. The van der Waals surface area contributed by atoms with E-state index in [-0.39, 0.29) is 0 Å². The first-order chi connectivity index (χ1) is 5.77. The lowest BCUT2D eigenvalue weighted by Gasteiger charge is -2.22. The smallest absolute Gasteiger partial charge is 0.00952 e. The highest BCUT2D eigenvalue weighted by atomic mass is 15.0. The Morgan fingerprint density at radius 2 is 1.92 bits per heavy atom. The van der Waals surface area contributed by atoms with Gasteiger partial charge in [-0.05, 0) is 44.4 Å². The highest BCUT2D eigenvalue weighted by Crippen LogP contribution is 2.34. The fourth-order valence-electron chi connectivity index (χ4n) is 2.46. The molecule has 12 heavy (non-hydrogen) atoms. The van der Waals surface area contributed by atoms with Crippen molar-refractivity contribution in [2.45, 2.75) is 58.0 Å². The van der Waals surface area contributed by atoms with E-state index in [0.717, 1.165) is 23.9 Å². The molecule has 3 unspecified atom stereocenters. The van der Waals surface area contributed by atoms with Crippen LogP contribution in [0.5, 0.6) is 0 Å². The van der Waals surface area contributed by atoms with E-state index in [1.54, 1.807) is 0 Å². The van der Waals surface area contributed by atoms with Crippen LogP contribution in [0.4, 0.5) is 0 Å². The molecule has 0 bridgehead atoms. The van der Waals surface area contributed by atoms with Gasteiger partial charge >= 0.3 is 0 Å². The van der Waals surface area contributed by atoms with Gasteiger partial charge in [0, 0.05) is 12.1 Å². The Balaban J connectivity index is 1.76. The lowest BCUT2D eigenvalue weighted by Crippen LogP contribution is -2.39. The van der Waals surface area contributed by atoms with Gasteiger partial charge in [-0.1, -0.05) is 13.3 Å². The number of nitrogens with one attached hydrogen (secondary N) is 1. The van der Waals surface area contributed by atoms with Crippen LogP contribution in [-0.2, 0) is 0 Å². The van der Waals surface area contributed by atoms with Gasteiger partial charge in [0.25, 0.3) is 0 Å². The molecule has 1 heteroatoms. The third kappa shape index (κ3) is 1.82. The zero-order valence-corrected chi connectivity index (χ0v) is 8.34. The SMILES string of the molecule is CC1CCCC1NC(C)C1CC1. The van der Waals surface area contributed by atoms with Crippen molar-refractivity contribution in [1.29, 1.82) is 0 Å². The van der Waals surface area contributed by atoms with Gasteiger partial charge in [-0.3, -0.25) is 0 Å². The predicted molar refractivity (Wildman–Crippen MR) is 52.1 cm³/mol. The third-order valence-electron chi connectivity index (χ3n) is 3.67. The average molecular weight is 167 g/mol. The molecule has 1 N–H and O–H groups in total. The summed E-state index contributed by atoms with van der Waals surface area (Å²) in [4.78, 5) is 0. The molecule has 2 aliphatic rings. The van der Waals surface area contributed by atoms with Crippen LogP contribution in [0.1, 0.15) is 46.0 Å². The summed E-state index contributed by atoms with van der Waals surface area (Å²) in [5, 5.41) is 3.79. The second-order valence-corrected chi connectivity index (χ2v) is 4.81. The van der Waals surface area contributed by atoms with Crippen LogP contribution in [-0.4, -0.2) is 12.1 Å². The molecule has 0 aromatic rings. The van der Waals surface area contributed by atoms with Crippen LogP contribution in [0.25, 0.3) is 0 Å². The van der Waals surface area contributed by atoms with Crippen LogP contribution in [0.2, 0.25) is 0 Å². The molecule has 70 valence electrons. The van der Waals surface area contributed by atoms with E-state index in [1.165, 1.54) is 32.1 Å². The van der Waals surface area contributed by atoms with E-state index in [4.69, 9.17) is 0 Å². The molecule has 0 amide bonds. The summed E-state index contributed by atoms with van der Waals surface area (Å²) in [5.74, 6) is 1.93. The average Bonchev–Trinajstić information content (AvgIpc) is 2.80. The van der Waals surface area contributed by atoms with E-state index in [0.29, 0.717) is 0 Å². The Labute approximate surface area is 75.9 Å². The van der Waals surface area contributed by atoms with Crippen molar-refractivity contribution in [3.63, 3.8) is 0 Å². The maximum absolute atomic E-state index is 3.79. The summed E-state index contributed by atoms with van der Waals surface area (Å²) in [6.07, 6.45) is 7.23. The van der Waals surface area contributed by atoms with Crippen molar-refractivity contribution < 1.29 is 0 Å². The minimum absolute atomic E-state index is 0.788. The third-order valence-corrected chi connectivity index (χ3v) is 3.67. The van der Waals surface area contributed by atoms with Gasteiger partial charge in [0.15, 0.2) is 0 Å². The van der Waals surface area contributed by atoms with Crippen molar-refractivity contribution in [2.75, 3.05) is 0 Å². The predicted octanol–water partition coefficient (Wildman–Crippen LogP) is 2.56. The second kappa shape index (κ2) is 3.37. The summed E-state index contributed by atoms with van der Waals surface area (Å²) >= 11 is 0. The maximum Gasteiger partial charge on any atom is 0.00952 e. The van der Waals surface area contributed by atoms with Crippen molar-refractivity contribution >= 4 is 0 Å². The van der Waals surface area contributed by atoms with Crippen molar-refractivity contribution in [3.05, 3.63) is 0 Å². The molecule has 1 nitrogen and oxygen atoms in total. The van der Waals surface area contributed by atoms with Crippen molar-refractivity contribution in [2.24, 2.45) is 11.8 Å². The highest BCUT2D eigenvalue weighted by Gasteiger charge is 2.31. The molecular formula is C11H21N. The fourth-order valence-corrected chi connectivity index (χ4v) is 2.46. The molecule has 0 aromatic carbocycles. The van der Waals surface area contributed by atoms with E-state index < -0.39 is 0 Å². The molecule has 2 rings (SSSR count). The monoisotopic (exact) mass is 167 g/mol. The summed E-state index contributed by atoms with van der Waals surface area (Å²) in [5.41, 5.74) is 0. The molecule has 2 saturated carbocycles. The molecule has 0 aliphatic heterocycles. The maximum atomic E-state index is 3.79. The summed E-state index contributed by atoms with van der Waals surface area (Å²) in [6.45, 7) is 4.76. The number of hydrogen-bond donors (Lipinski definition) is 1. The van der Waals surface area contributed by atoms with Gasteiger partial charge in [-0.15, -0.1) is 0 Å². The van der Waals surface area contributed by atoms with E-state index in [1.807, 2.05) is 0 Å². The Morgan fingerprint density at radius 3 is 2.42 bits per heavy atom. The van der Waals surface area contributed by atoms with Crippen LogP contribution < -0.4 is 5.32 Å². The second-order valence-electron chi connectivity index (χ2n) is 4.81. The Bertz CT molecular complexity index is 151. The Morgan fingerprint density at radius 1 is 1.17 bits per heavy atom. The van der Waals surface area contributed by atoms with E-state index in [9.17, 15) is 0 Å². The first-order valence-corrected chi connectivity index (χ1v) is 5.53. The Kier molecular flexibility index (Phi) is 2.40. The zero-order chi connectivity index (χ0) is 8.55. The molecule has 2 aliphatic carbocycles. The minimum atomic E-state index is 0.788. The van der Waals surface area contributed by atoms with E-state index >= 15 is 0 Å². The largest absolute Gasteiger partial charge is 0.311 e. The van der Waals surface area contributed by atoms with Gasteiger partial charge in [0.05, 0.1) is 0 Å². The van der Waals surface area contributed by atoms with Gasteiger partial charge in [0.1, 0.15) is 0 Å². The molecule has 0 radical (unpaired) electrons. The quantitative estimate of drug-likeness (QED) is 0.681. The molecule has 0 heterocycles. The molecular weight excluding hydrogens is 146 g/mol. The van der Waals surface area contributed by atoms with E-state index in [2.05, 4.69) is 19.2 Å². The van der Waals surface area contributed by atoms with Crippen molar-refractivity contribution in [1.82, 2.24) is 5.32 Å². The number of rotatable bonds is 3. The summed E-state index contributed by atoms with van der Waals surface area (Å²) in [7, 11) is 0. The molecule has 0 aromatic heterocycles. The highest BCUT2D eigenvalue weighted by molar-refractivity contribution is 4.88. The molecule has 2 fully saturated rings. The summed E-state index contributed by atoms with van der Waals surface area (Å²) < 4.78 is 0. The van der Waals surface area contributed by atoms with Gasteiger partial charge in [0.2, 0.25) is 0 Å². The lowest BCUT2D eigenvalue weighted by atomic mass is 10.0. The molecule has 0 spiro atoms. The zero-order valence-electron chi connectivity index (χ0n) is 8.34. The molecule has 0 saturated heterocycles. The molecule has 3 atom stereocenters. The minimum Gasteiger partial charge on any atom is -0.311 e. The lowest BCUT2D eigenvalue weighted by molar-refractivity contribution is 0.363. The standard InChI is InChI=1S/C11H21N/c1-8-4-3-5-11(8)12-9(2)10-6-7-10/h8-12H,3-7H2,1-2H3. The van der Waals surface area contributed by atoms with Crippen LogP contribution in [0.3, 0.4) is 0 Å². The van der Waals surface area contributed by atoms with Crippen LogP contribution >= 0.6 is 0 Å². The first kappa shape index (κ1) is 8.55. The van der Waals surface area contributed by atoms with Gasteiger partial charge < -0.3 is 5.32 Å². The number of hydrogen-bond acceptors (Lipinski definition) is 1. The fraction of sp³-hybridized carbons (Fsp3) is 1.00. The van der Waals surface area contributed by atoms with Crippen LogP contribution in [0, 0.1) is 11.8 Å².